The van der Waals surface area contributed by atoms with E-state index in [0.29, 0.717) is 12.0 Å². The van der Waals surface area contributed by atoms with Crippen molar-refractivity contribution in [1.29, 1.82) is 0 Å². The highest BCUT2D eigenvalue weighted by molar-refractivity contribution is 5.77. The van der Waals surface area contributed by atoms with Gasteiger partial charge in [0.25, 0.3) is 0 Å². The van der Waals surface area contributed by atoms with E-state index in [9.17, 15) is 9.59 Å². The van der Waals surface area contributed by atoms with Crippen molar-refractivity contribution in [3.63, 3.8) is 0 Å². The van der Waals surface area contributed by atoms with Crippen molar-refractivity contribution in [3.05, 3.63) is 17.0 Å². The fourth-order valence-electron chi connectivity index (χ4n) is 2.57. The molecule has 1 aromatic rings. The van der Waals surface area contributed by atoms with E-state index in [1.54, 1.807) is 27.7 Å². The van der Waals surface area contributed by atoms with Gasteiger partial charge in [0.15, 0.2) is 6.29 Å². The predicted octanol–water partition coefficient (Wildman–Crippen LogP) is 2.23. The summed E-state index contributed by atoms with van der Waals surface area (Å²) in [7, 11) is 0. The number of ether oxygens (including phenoxy) is 1. The van der Waals surface area contributed by atoms with Gasteiger partial charge in [-0.15, -0.1) is 0 Å². The average molecular weight is 293 g/mol. The van der Waals surface area contributed by atoms with E-state index in [1.165, 1.54) is 0 Å². The molecule has 1 atom stereocenters. The number of carbonyl (C=O) groups excluding carboxylic acids is 2. The Hall–Kier alpha value is -1.85. The first-order valence-corrected chi connectivity index (χ1v) is 7.29. The van der Waals surface area contributed by atoms with Crippen LogP contribution in [0, 0.1) is 0 Å². The van der Waals surface area contributed by atoms with E-state index in [0.717, 1.165) is 36.9 Å². The van der Waals surface area contributed by atoms with Gasteiger partial charge in [-0.25, -0.2) is 4.79 Å². The van der Waals surface area contributed by atoms with Crippen LogP contribution in [0.5, 0.6) is 0 Å². The zero-order valence-electron chi connectivity index (χ0n) is 13.1. The van der Waals surface area contributed by atoms with Gasteiger partial charge in [0.1, 0.15) is 11.1 Å². The molecular formula is C15H23N3O3. The van der Waals surface area contributed by atoms with Gasteiger partial charge >= 0.3 is 6.09 Å². The molecule has 21 heavy (non-hydrogen) atoms. The molecule has 1 amide bonds. The average Bonchev–Trinajstić information content (AvgIpc) is 2.80. The lowest BCUT2D eigenvalue weighted by atomic mass is 9.88. The second-order valence-electron chi connectivity index (χ2n) is 6.68. The Kier molecular flexibility index (Phi) is 4.07. The Bertz CT molecular complexity index is 545. The number of hydrogen-bond acceptors (Lipinski definition) is 4. The number of alkyl carbamates (subject to hydrolysis) is 1. The van der Waals surface area contributed by atoms with Crippen LogP contribution in [0.3, 0.4) is 0 Å². The first-order valence-electron chi connectivity index (χ1n) is 7.29. The number of rotatable bonds is 3. The number of hydrogen-bond donors (Lipinski definition) is 2. The first kappa shape index (κ1) is 15.5. The molecule has 2 N–H and O–H groups in total. The zero-order chi connectivity index (χ0) is 15.7. The molecule has 0 radical (unpaired) electrons. The molecule has 2 rings (SSSR count). The minimum absolute atomic E-state index is 0.595. The minimum Gasteiger partial charge on any atom is -0.444 e. The molecule has 6 nitrogen and oxygen atoms in total. The standard InChI is InChI=1S/C15H23N3O3/c1-14(2,3)21-13(20)16-15(4,9-19)12-10-7-5-6-8-11(10)17-18-12/h9H,5-8H2,1-4H3,(H,16,20)(H,17,18). The van der Waals surface area contributed by atoms with E-state index in [-0.39, 0.29) is 0 Å². The van der Waals surface area contributed by atoms with Crippen molar-refractivity contribution < 1.29 is 14.3 Å². The van der Waals surface area contributed by atoms with E-state index < -0.39 is 17.2 Å². The summed E-state index contributed by atoms with van der Waals surface area (Å²) < 4.78 is 5.23. The van der Waals surface area contributed by atoms with Crippen molar-refractivity contribution in [2.45, 2.75) is 64.5 Å². The number of aromatic nitrogens is 2. The lowest BCUT2D eigenvalue weighted by Crippen LogP contribution is -2.47. The van der Waals surface area contributed by atoms with E-state index in [1.807, 2.05) is 0 Å². The maximum atomic E-state index is 12.0. The number of aromatic amines is 1. The second-order valence-corrected chi connectivity index (χ2v) is 6.68. The van der Waals surface area contributed by atoms with Gasteiger partial charge in [-0.1, -0.05) is 0 Å². The van der Waals surface area contributed by atoms with Crippen LogP contribution in [-0.4, -0.2) is 28.2 Å². The van der Waals surface area contributed by atoms with Crippen LogP contribution < -0.4 is 5.32 Å². The molecule has 0 aliphatic heterocycles. The summed E-state index contributed by atoms with van der Waals surface area (Å²) in [5.74, 6) is 0. The van der Waals surface area contributed by atoms with E-state index in [4.69, 9.17) is 4.74 Å². The number of carbonyl (C=O) groups is 2. The number of aryl methyl sites for hydroxylation is 1. The number of H-pyrrole nitrogens is 1. The van der Waals surface area contributed by atoms with Crippen LogP contribution in [0.2, 0.25) is 0 Å². The number of fused-ring (bicyclic) bond motifs is 1. The zero-order valence-corrected chi connectivity index (χ0v) is 13.1. The third kappa shape index (κ3) is 3.43. The molecular weight excluding hydrogens is 270 g/mol. The van der Waals surface area contributed by atoms with Crippen LogP contribution in [0.4, 0.5) is 4.79 Å². The molecule has 0 spiro atoms. The van der Waals surface area contributed by atoms with Gasteiger partial charge in [0, 0.05) is 5.69 Å². The second kappa shape index (κ2) is 5.50. The number of nitrogens with one attached hydrogen (secondary N) is 2. The highest BCUT2D eigenvalue weighted by atomic mass is 16.6. The molecule has 6 heteroatoms. The van der Waals surface area contributed by atoms with Gasteiger partial charge in [-0.05, 0) is 58.9 Å². The largest absolute Gasteiger partial charge is 0.444 e. The SMILES string of the molecule is CC(C)(C)OC(=O)NC(C)(C=O)c1n[nH]c2c1CCCC2. The molecule has 116 valence electrons. The van der Waals surface area contributed by atoms with E-state index in [2.05, 4.69) is 15.5 Å². The summed E-state index contributed by atoms with van der Waals surface area (Å²) in [6.07, 6.45) is 4.09. The van der Waals surface area contributed by atoms with Crippen LogP contribution in [0.15, 0.2) is 0 Å². The molecule has 0 fully saturated rings. The lowest BCUT2D eigenvalue weighted by Gasteiger charge is -2.27. The fraction of sp³-hybridized carbons (Fsp3) is 0.667. The first-order chi connectivity index (χ1) is 9.75. The minimum atomic E-state index is -1.18. The topological polar surface area (TPSA) is 84.1 Å². The van der Waals surface area contributed by atoms with E-state index >= 15 is 0 Å². The van der Waals surface area contributed by atoms with Crippen LogP contribution in [0.1, 0.15) is 57.5 Å². The maximum Gasteiger partial charge on any atom is 0.408 e. The summed E-state index contributed by atoms with van der Waals surface area (Å²) in [6.45, 7) is 6.98. The predicted molar refractivity (Wildman–Crippen MR) is 78.0 cm³/mol. The monoisotopic (exact) mass is 293 g/mol. The Morgan fingerprint density at radius 2 is 1.95 bits per heavy atom. The molecule has 0 aromatic carbocycles. The maximum absolute atomic E-state index is 12.0. The highest BCUT2D eigenvalue weighted by Crippen LogP contribution is 2.28. The number of aldehydes is 1. The molecule has 0 saturated heterocycles. The normalized spacial score (nSPS) is 17.5. The molecule has 0 bridgehead atoms. The van der Waals surface area contributed by atoms with Gasteiger partial charge in [-0.3, -0.25) is 5.10 Å². The fourth-order valence-corrected chi connectivity index (χ4v) is 2.57. The van der Waals surface area contributed by atoms with Crippen LogP contribution >= 0.6 is 0 Å². The van der Waals surface area contributed by atoms with Crippen molar-refractivity contribution in [1.82, 2.24) is 15.5 Å². The molecule has 1 heterocycles. The van der Waals surface area contributed by atoms with Crippen molar-refractivity contribution in [2.24, 2.45) is 0 Å². The molecule has 1 aromatic heterocycles. The third-order valence-electron chi connectivity index (χ3n) is 3.54. The molecule has 0 saturated carbocycles. The molecule has 1 aliphatic carbocycles. The molecule has 1 unspecified atom stereocenters. The summed E-state index contributed by atoms with van der Waals surface area (Å²) in [6, 6.07) is 0. The third-order valence-corrected chi connectivity index (χ3v) is 3.54. The Balaban J connectivity index is 2.23. The van der Waals surface area contributed by atoms with Crippen LogP contribution in [-0.2, 0) is 27.9 Å². The summed E-state index contributed by atoms with van der Waals surface area (Å²) in [5.41, 5.74) is 0.920. The number of nitrogens with zero attached hydrogens (tertiary/aromatic N) is 1. The Morgan fingerprint density at radius 3 is 2.57 bits per heavy atom. The number of amides is 1. The smallest absolute Gasteiger partial charge is 0.408 e. The van der Waals surface area contributed by atoms with Gasteiger partial charge in [-0.2, -0.15) is 5.10 Å². The van der Waals surface area contributed by atoms with Crippen molar-refractivity contribution >= 4 is 12.4 Å². The highest BCUT2D eigenvalue weighted by Gasteiger charge is 2.36. The lowest BCUT2D eigenvalue weighted by molar-refractivity contribution is -0.113. The summed E-state index contributed by atoms with van der Waals surface area (Å²) in [5, 5.41) is 9.89. The van der Waals surface area contributed by atoms with Gasteiger partial charge in [0.05, 0.1) is 5.69 Å². The van der Waals surface area contributed by atoms with Crippen molar-refractivity contribution in [2.75, 3.05) is 0 Å². The Morgan fingerprint density at radius 1 is 1.29 bits per heavy atom. The van der Waals surface area contributed by atoms with Gasteiger partial charge < -0.3 is 14.8 Å². The molecule has 1 aliphatic rings. The van der Waals surface area contributed by atoms with Crippen molar-refractivity contribution in [3.8, 4) is 0 Å². The quantitative estimate of drug-likeness (QED) is 0.837. The summed E-state index contributed by atoms with van der Waals surface area (Å²) >= 11 is 0. The van der Waals surface area contributed by atoms with Gasteiger partial charge in [0.2, 0.25) is 0 Å². The van der Waals surface area contributed by atoms with Crippen LogP contribution in [0.25, 0.3) is 0 Å². The summed E-state index contributed by atoms with van der Waals surface area (Å²) in [4.78, 5) is 23.6. The Labute approximate surface area is 124 Å².